The minimum absolute atomic E-state index is 0.241. The van der Waals surface area contributed by atoms with Crippen molar-refractivity contribution < 1.29 is 0 Å². The van der Waals surface area contributed by atoms with Gasteiger partial charge in [0.1, 0.15) is 12.2 Å². The third-order valence-corrected chi connectivity index (χ3v) is 7.45. The number of aliphatic imine (C=N–C) groups is 1. The molecule has 2 aromatic heterocycles. The molecule has 0 amide bonds. The van der Waals surface area contributed by atoms with Crippen LogP contribution >= 0.6 is 11.3 Å². The van der Waals surface area contributed by atoms with Gasteiger partial charge in [-0.05, 0) is 44.1 Å². The molecule has 2 fully saturated rings. The van der Waals surface area contributed by atoms with Gasteiger partial charge in [-0.2, -0.15) is 5.10 Å². The van der Waals surface area contributed by atoms with E-state index in [-0.39, 0.29) is 5.41 Å². The Kier molecular flexibility index (Phi) is 6.29. The van der Waals surface area contributed by atoms with E-state index < -0.39 is 0 Å². The highest BCUT2D eigenvalue weighted by Gasteiger charge is 2.35. The molecule has 1 aliphatic heterocycles. The van der Waals surface area contributed by atoms with Crippen LogP contribution in [0.25, 0.3) is 0 Å². The molecule has 7 heteroatoms. The third-order valence-electron chi connectivity index (χ3n) is 6.34. The fraction of sp³-hybridized carbons (Fsp3) is 0.667. The van der Waals surface area contributed by atoms with Gasteiger partial charge in [0, 0.05) is 35.8 Å². The van der Waals surface area contributed by atoms with Crippen LogP contribution in [0.3, 0.4) is 0 Å². The fourth-order valence-electron chi connectivity index (χ4n) is 4.72. The number of H-pyrrole nitrogens is 1. The topological polar surface area (TPSA) is 69.2 Å². The first-order chi connectivity index (χ1) is 13.8. The number of likely N-dealkylation sites (tertiary alicyclic amines) is 1. The number of piperidine rings is 1. The lowest BCUT2D eigenvalue weighted by Gasteiger charge is -2.37. The van der Waals surface area contributed by atoms with Crippen LogP contribution in [-0.4, -0.2) is 52.2 Å². The van der Waals surface area contributed by atoms with Crippen LogP contribution in [0.5, 0.6) is 0 Å². The zero-order chi connectivity index (χ0) is 19.2. The summed E-state index contributed by atoms with van der Waals surface area (Å²) in [6.07, 6.45) is 10.4. The van der Waals surface area contributed by atoms with Crippen molar-refractivity contribution in [3.05, 3.63) is 34.5 Å². The summed E-state index contributed by atoms with van der Waals surface area (Å²) >= 11 is 1.91. The first-order valence-electron chi connectivity index (χ1n) is 10.7. The predicted molar refractivity (Wildman–Crippen MR) is 115 cm³/mol. The minimum Gasteiger partial charge on any atom is -0.357 e. The van der Waals surface area contributed by atoms with Gasteiger partial charge in [-0.3, -0.25) is 10.1 Å². The summed E-state index contributed by atoms with van der Waals surface area (Å²) in [5.41, 5.74) is 0.241. The molecule has 0 atom stereocenters. The molecule has 28 heavy (non-hydrogen) atoms. The molecule has 3 heterocycles. The molecule has 0 aromatic carbocycles. The number of guanidine groups is 1. The second-order valence-corrected chi connectivity index (χ2v) is 9.07. The van der Waals surface area contributed by atoms with Gasteiger partial charge in [-0.15, -0.1) is 11.3 Å². The van der Waals surface area contributed by atoms with Crippen LogP contribution in [0.2, 0.25) is 0 Å². The van der Waals surface area contributed by atoms with Crippen molar-refractivity contribution in [3.8, 4) is 0 Å². The van der Waals surface area contributed by atoms with E-state index in [4.69, 9.17) is 4.99 Å². The average molecular weight is 401 g/mol. The molecule has 152 valence electrons. The maximum absolute atomic E-state index is 5.18. The molecule has 2 aliphatic rings. The molecule has 2 N–H and O–H groups in total. The zero-order valence-corrected chi connectivity index (χ0v) is 17.7. The van der Waals surface area contributed by atoms with Crippen LogP contribution in [0.4, 0.5) is 0 Å². The Morgan fingerprint density at radius 3 is 2.79 bits per heavy atom. The Balaban J connectivity index is 1.45. The number of rotatable bonds is 5. The first-order valence-corrected chi connectivity index (χ1v) is 11.6. The molecule has 1 aliphatic carbocycles. The van der Waals surface area contributed by atoms with Gasteiger partial charge in [0.05, 0.1) is 6.54 Å². The Bertz CT molecular complexity index is 725. The lowest BCUT2D eigenvalue weighted by Crippen LogP contribution is -2.46. The van der Waals surface area contributed by atoms with E-state index in [1.54, 1.807) is 6.33 Å². The maximum atomic E-state index is 5.18. The van der Waals surface area contributed by atoms with Crippen molar-refractivity contribution in [3.63, 3.8) is 0 Å². The molecule has 1 saturated carbocycles. The molecule has 6 nitrogen and oxygen atoms in total. The van der Waals surface area contributed by atoms with E-state index in [1.165, 1.54) is 37.0 Å². The average Bonchev–Trinajstić information content (AvgIpc) is 3.47. The van der Waals surface area contributed by atoms with Gasteiger partial charge < -0.3 is 10.2 Å². The molecule has 0 spiro atoms. The van der Waals surface area contributed by atoms with E-state index in [0.717, 1.165) is 50.8 Å². The lowest BCUT2D eigenvalue weighted by molar-refractivity contribution is 0.288. The molecule has 4 rings (SSSR count). The first kappa shape index (κ1) is 19.4. The quantitative estimate of drug-likeness (QED) is 0.590. The van der Waals surface area contributed by atoms with Crippen molar-refractivity contribution >= 4 is 17.3 Å². The van der Waals surface area contributed by atoms with Crippen LogP contribution in [0.1, 0.15) is 68.5 Å². The summed E-state index contributed by atoms with van der Waals surface area (Å²) in [6.45, 7) is 6.00. The summed E-state index contributed by atoms with van der Waals surface area (Å²) in [6, 6.07) is 4.51. The number of aromatic amines is 1. The second-order valence-electron chi connectivity index (χ2n) is 8.12. The zero-order valence-electron chi connectivity index (χ0n) is 16.9. The van der Waals surface area contributed by atoms with Crippen molar-refractivity contribution in [1.82, 2.24) is 25.4 Å². The molecule has 1 saturated heterocycles. The van der Waals surface area contributed by atoms with Crippen LogP contribution in [0.15, 0.2) is 28.8 Å². The molecule has 0 radical (unpaired) electrons. The summed E-state index contributed by atoms with van der Waals surface area (Å²) < 4.78 is 0. The molecular formula is C21H32N6S. The largest absolute Gasteiger partial charge is 0.357 e. The highest BCUT2D eigenvalue weighted by molar-refractivity contribution is 7.10. The normalized spacial score (nSPS) is 21.0. The van der Waals surface area contributed by atoms with E-state index >= 15 is 0 Å². The fourth-order valence-corrected chi connectivity index (χ4v) is 5.70. The Labute approximate surface area is 171 Å². The SMILES string of the molecule is CCNC(=NCC1(c2cccs2)CCCCC1)N1CCC(c2ncn[nH]2)CC1. The number of aromatic nitrogens is 3. The molecular weight excluding hydrogens is 368 g/mol. The van der Waals surface area contributed by atoms with Gasteiger partial charge in [0.25, 0.3) is 0 Å². The highest BCUT2D eigenvalue weighted by Crippen LogP contribution is 2.41. The van der Waals surface area contributed by atoms with Gasteiger partial charge in [-0.1, -0.05) is 25.3 Å². The highest BCUT2D eigenvalue weighted by atomic mass is 32.1. The van der Waals surface area contributed by atoms with Crippen molar-refractivity contribution in [2.24, 2.45) is 4.99 Å². The Morgan fingerprint density at radius 1 is 1.32 bits per heavy atom. The van der Waals surface area contributed by atoms with E-state index in [1.807, 2.05) is 11.3 Å². The van der Waals surface area contributed by atoms with Crippen LogP contribution < -0.4 is 5.32 Å². The smallest absolute Gasteiger partial charge is 0.193 e. The Hall–Kier alpha value is -1.89. The van der Waals surface area contributed by atoms with Crippen molar-refractivity contribution in [2.75, 3.05) is 26.2 Å². The van der Waals surface area contributed by atoms with E-state index in [9.17, 15) is 0 Å². The standard InChI is InChI=1S/C21H32N6S/c1-2-22-20(27-12-8-17(9-13-27)19-24-16-25-26-19)23-15-21(10-4-3-5-11-21)18-7-6-14-28-18/h6-7,14,16-17H,2-5,8-13,15H2,1H3,(H,22,23)(H,24,25,26). The summed E-state index contributed by atoms with van der Waals surface area (Å²) in [4.78, 5) is 13.5. The Morgan fingerprint density at radius 2 is 2.14 bits per heavy atom. The maximum Gasteiger partial charge on any atom is 0.193 e. The van der Waals surface area contributed by atoms with Crippen molar-refractivity contribution in [1.29, 1.82) is 0 Å². The van der Waals surface area contributed by atoms with E-state index in [0.29, 0.717) is 5.92 Å². The number of hydrogen-bond donors (Lipinski definition) is 2. The predicted octanol–water partition coefficient (Wildman–Crippen LogP) is 3.91. The molecule has 0 unspecified atom stereocenters. The van der Waals surface area contributed by atoms with Crippen LogP contribution in [-0.2, 0) is 5.41 Å². The third kappa shape index (κ3) is 4.24. The van der Waals surface area contributed by atoms with Gasteiger partial charge >= 0.3 is 0 Å². The lowest BCUT2D eigenvalue weighted by atomic mass is 9.73. The monoisotopic (exact) mass is 400 g/mol. The minimum atomic E-state index is 0.241. The second kappa shape index (κ2) is 9.07. The number of nitrogens with one attached hydrogen (secondary N) is 2. The molecule has 2 aromatic rings. The summed E-state index contributed by atoms with van der Waals surface area (Å²) in [5.74, 6) is 2.60. The summed E-state index contributed by atoms with van der Waals surface area (Å²) in [5, 5.41) is 12.8. The van der Waals surface area contributed by atoms with Crippen LogP contribution in [0, 0.1) is 0 Å². The van der Waals surface area contributed by atoms with Gasteiger partial charge in [0.2, 0.25) is 0 Å². The number of hydrogen-bond acceptors (Lipinski definition) is 4. The number of thiophene rings is 1. The van der Waals surface area contributed by atoms with Crippen molar-refractivity contribution in [2.45, 2.75) is 63.2 Å². The van der Waals surface area contributed by atoms with Gasteiger partial charge in [0.15, 0.2) is 5.96 Å². The van der Waals surface area contributed by atoms with Gasteiger partial charge in [-0.25, -0.2) is 4.98 Å². The number of nitrogens with zero attached hydrogens (tertiary/aromatic N) is 4. The molecule has 0 bridgehead atoms. The summed E-state index contributed by atoms with van der Waals surface area (Å²) in [7, 11) is 0. The van der Waals surface area contributed by atoms with E-state index in [2.05, 4.69) is 49.8 Å².